The Bertz CT molecular complexity index is 1090. The van der Waals surface area contributed by atoms with Gasteiger partial charge in [-0.2, -0.15) is 0 Å². The molecular weight excluding hydrogens is 489 g/mol. The van der Waals surface area contributed by atoms with Crippen LogP contribution in [0.2, 0.25) is 10.0 Å². The monoisotopic (exact) mass is 515 g/mol. The number of hydrogen-bond donors (Lipinski definition) is 1. The normalized spacial score (nSPS) is 11.6. The molecule has 2 rings (SSSR count). The molecule has 0 unspecified atom stereocenters. The Morgan fingerprint density at radius 3 is 2.24 bits per heavy atom. The van der Waals surface area contributed by atoms with Gasteiger partial charge < -0.3 is 15.0 Å². The van der Waals surface area contributed by atoms with Gasteiger partial charge in [-0.05, 0) is 56.7 Å². The number of nitrogens with zero attached hydrogens (tertiary/aromatic N) is 2. The summed E-state index contributed by atoms with van der Waals surface area (Å²) < 4.78 is 31.2. The number of rotatable bonds is 9. The van der Waals surface area contributed by atoms with Gasteiger partial charge >= 0.3 is 6.09 Å². The summed E-state index contributed by atoms with van der Waals surface area (Å²) in [6.45, 7) is 5.65. The fraction of sp³-hybridized carbons (Fsp3) is 0.364. The maximum Gasteiger partial charge on any atom is 0.407 e. The number of anilines is 2. The first-order valence-electron chi connectivity index (χ1n) is 10.0. The Kier molecular flexibility index (Phi) is 8.99. The zero-order valence-electron chi connectivity index (χ0n) is 18.8. The number of benzene rings is 2. The van der Waals surface area contributed by atoms with E-state index in [0.29, 0.717) is 28.4 Å². The number of alkyl carbamates (subject to hydrolysis) is 1. The molecule has 0 saturated carbocycles. The molecule has 0 spiro atoms. The summed E-state index contributed by atoms with van der Waals surface area (Å²) in [4.78, 5) is 24.7. The van der Waals surface area contributed by atoms with Crippen LogP contribution in [0.25, 0.3) is 0 Å². The SMILES string of the molecule is CC(C)(C)OC(=O)NCCN(C=O)c1ccc(N(Cc2cccc(Cl)c2Cl)S(C)(=O)=O)cc1. The summed E-state index contributed by atoms with van der Waals surface area (Å²) in [6.07, 6.45) is 1.15. The molecule has 0 aliphatic carbocycles. The van der Waals surface area contributed by atoms with Crippen molar-refractivity contribution in [2.24, 2.45) is 0 Å². The molecule has 1 N–H and O–H groups in total. The minimum Gasteiger partial charge on any atom is -0.444 e. The van der Waals surface area contributed by atoms with E-state index in [0.717, 1.165) is 6.26 Å². The molecule has 2 aromatic carbocycles. The van der Waals surface area contributed by atoms with E-state index in [-0.39, 0.29) is 24.7 Å². The predicted molar refractivity (Wildman–Crippen MR) is 132 cm³/mol. The number of hydrogen-bond acceptors (Lipinski definition) is 5. The largest absolute Gasteiger partial charge is 0.444 e. The molecule has 0 heterocycles. The molecule has 0 radical (unpaired) electrons. The summed E-state index contributed by atoms with van der Waals surface area (Å²) in [5.74, 6) is 0. The van der Waals surface area contributed by atoms with Crippen LogP contribution in [-0.2, 0) is 26.1 Å². The zero-order valence-corrected chi connectivity index (χ0v) is 21.2. The van der Waals surface area contributed by atoms with Crippen molar-refractivity contribution < 1.29 is 22.7 Å². The zero-order chi connectivity index (χ0) is 24.8. The average Bonchev–Trinajstić information content (AvgIpc) is 2.70. The van der Waals surface area contributed by atoms with Crippen LogP contribution in [0.15, 0.2) is 42.5 Å². The number of ether oxygens (including phenoxy) is 1. The number of carbonyl (C=O) groups excluding carboxylic acids is 2. The van der Waals surface area contributed by atoms with Gasteiger partial charge in [0.05, 0.1) is 28.5 Å². The fourth-order valence-corrected chi connectivity index (χ4v) is 4.13. The van der Waals surface area contributed by atoms with Gasteiger partial charge in [0.15, 0.2) is 0 Å². The molecule has 0 atom stereocenters. The molecule has 2 aromatic rings. The minimum absolute atomic E-state index is 0.00518. The number of sulfonamides is 1. The van der Waals surface area contributed by atoms with E-state index in [9.17, 15) is 18.0 Å². The van der Waals surface area contributed by atoms with Crippen LogP contribution in [0.1, 0.15) is 26.3 Å². The van der Waals surface area contributed by atoms with Crippen LogP contribution < -0.4 is 14.5 Å². The smallest absolute Gasteiger partial charge is 0.407 e. The van der Waals surface area contributed by atoms with E-state index in [4.69, 9.17) is 27.9 Å². The molecule has 33 heavy (non-hydrogen) atoms. The summed E-state index contributed by atoms with van der Waals surface area (Å²) >= 11 is 12.3. The lowest BCUT2D eigenvalue weighted by atomic mass is 10.2. The summed E-state index contributed by atoms with van der Waals surface area (Å²) in [6, 6.07) is 11.4. The Hall–Kier alpha value is -2.49. The lowest BCUT2D eigenvalue weighted by Gasteiger charge is -2.24. The van der Waals surface area contributed by atoms with E-state index in [1.807, 2.05) is 0 Å². The third kappa shape index (κ3) is 8.10. The van der Waals surface area contributed by atoms with Gasteiger partial charge in [0, 0.05) is 18.8 Å². The molecule has 0 aliphatic rings. The van der Waals surface area contributed by atoms with Crippen LogP contribution in [0.5, 0.6) is 0 Å². The van der Waals surface area contributed by atoms with Crippen molar-refractivity contribution in [3.63, 3.8) is 0 Å². The van der Waals surface area contributed by atoms with Gasteiger partial charge in [-0.25, -0.2) is 13.2 Å². The van der Waals surface area contributed by atoms with Crippen molar-refractivity contribution in [3.05, 3.63) is 58.1 Å². The van der Waals surface area contributed by atoms with Crippen LogP contribution >= 0.6 is 23.2 Å². The highest BCUT2D eigenvalue weighted by Crippen LogP contribution is 2.30. The molecule has 0 bridgehead atoms. The van der Waals surface area contributed by atoms with E-state index < -0.39 is 21.7 Å². The van der Waals surface area contributed by atoms with Crippen molar-refractivity contribution in [2.45, 2.75) is 32.9 Å². The fourth-order valence-electron chi connectivity index (χ4n) is 2.87. The molecule has 11 heteroatoms. The van der Waals surface area contributed by atoms with Gasteiger partial charge in [-0.3, -0.25) is 9.10 Å². The van der Waals surface area contributed by atoms with Crippen molar-refractivity contribution in [1.29, 1.82) is 0 Å². The first kappa shape index (κ1) is 26.8. The second-order valence-corrected chi connectivity index (χ2v) is 10.9. The molecule has 2 amide bonds. The summed E-state index contributed by atoms with van der Waals surface area (Å²) in [7, 11) is -3.64. The van der Waals surface area contributed by atoms with Crippen molar-refractivity contribution in [3.8, 4) is 0 Å². The number of halogens is 2. The second-order valence-electron chi connectivity index (χ2n) is 8.23. The third-order valence-corrected chi connectivity index (χ3v) is 6.36. The first-order valence-corrected chi connectivity index (χ1v) is 12.6. The van der Waals surface area contributed by atoms with E-state index in [1.54, 1.807) is 63.2 Å². The highest BCUT2D eigenvalue weighted by molar-refractivity contribution is 7.92. The quantitative estimate of drug-likeness (QED) is 0.497. The molecule has 0 fully saturated rings. The predicted octanol–water partition coefficient (Wildman–Crippen LogP) is 4.45. The van der Waals surface area contributed by atoms with Crippen molar-refractivity contribution >= 4 is 57.1 Å². The number of amides is 2. The molecular formula is C22H27Cl2N3O5S. The maximum absolute atomic E-state index is 12.4. The Labute approximate surface area is 204 Å². The molecule has 8 nitrogen and oxygen atoms in total. The van der Waals surface area contributed by atoms with Gasteiger partial charge in [0.1, 0.15) is 5.60 Å². The molecule has 180 valence electrons. The number of carbonyl (C=O) groups is 2. The van der Waals surface area contributed by atoms with Crippen LogP contribution in [0, 0.1) is 0 Å². The molecule has 0 aromatic heterocycles. The Balaban J connectivity index is 2.13. The van der Waals surface area contributed by atoms with Crippen LogP contribution in [-0.4, -0.2) is 45.9 Å². The lowest BCUT2D eigenvalue weighted by Crippen LogP contribution is -2.37. The van der Waals surface area contributed by atoms with Gasteiger partial charge in [-0.1, -0.05) is 35.3 Å². The minimum atomic E-state index is -3.64. The molecule has 0 saturated heterocycles. The highest BCUT2D eigenvalue weighted by Gasteiger charge is 2.20. The Morgan fingerprint density at radius 2 is 1.70 bits per heavy atom. The first-order chi connectivity index (χ1) is 15.3. The van der Waals surface area contributed by atoms with Gasteiger partial charge in [-0.15, -0.1) is 0 Å². The van der Waals surface area contributed by atoms with Crippen LogP contribution in [0.4, 0.5) is 16.2 Å². The van der Waals surface area contributed by atoms with Crippen LogP contribution in [0.3, 0.4) is 0 Å². The van der Waals surface area contributed by atoms with Gasteiger partial charge in [0.2, 0.25) is 16.4 Å². The lowest BCUT2D eigenvalue weighted by molar-refractivity contribution is -0.107. The van der Waals surface area contributed by atoms with E-state index in [1.165, 1.54) is 9.21 Å². The topological polar surface area (TPSA) is 96.0 Å². The number of nitrogens with one attached hydrogen (secondary N) is 1. The maximum atomic E-state index is 12.4. The Morgan fingerprint density at radius 1 is 1.09 bits per heavy atom. The molecule has 0 aliphatic heterocycles. The summed E-state index contributed by atoms with van der Waals surface area (Å²) in [5, 5.41) is 3.21. The third-order valence-electron chi connectivity index (χ3n) is 4.36. The highest BCUT2D eigenvalue weighted by atomic mass is 35.5. The van der Waals surface area contributed by atoms with E-state index >= 15 is 0 Å². The average molecular weight is 516 g/mol. The summed E-state index contributed by atoms with van der Waals surface area (Å²) in [5.41, 5.74) is 0.871. The van der Waals surface area contributed by atoms with Crippen molar-refractivity contribution in [2.75, 3.05) is 28.6 Å². The van der Waals surface area contributed by atoms with Gasteiger partial charge in [0.25, 0.3) is 0 Å². The van der Waals surface area contributed by atoms with E-state index in [2.05, 4.69) is 5.32 Å². The second kappa shape index (κ2) is 11.1. The van der Waals surface area contributed by atoms with Crippen molar-refractivity contribution in [1.82, 2.24) is 5.32 Å². The standard InChI is InChI=1S/C22H27Cl2N3O5S/c1-22(2,3)32-21(29)25-12-13-26(15-28)17-8-10-18(11-9-17)27(33(4,30)31)14-16-6-5-7-19(23)20(16)24/h5-11,15H,12-14H2,1-4H3,(H,25,29).